The van der Waals surface area contributed by atoms with Gasteiger partial charge in [0.15, 0.2) is 11.9 Å². The van der Waals surface area contributed by atoms with Crippen molar-refractivity contribution in [1.82, 2.24) is 0 Å². The van der Waals surface area contributed by atoms with Crippen LogP contribution < -0.4 is 0 Å². The molecule has 2 atom stereocenters. The van der Waals surface area contributed by atoms with E-state index in [1.54, 1.807) is 0 Å². The summed E-state index contributed by atoms with van der Waals surface area (Å²) in [6.45, 7) is 1.92. The Kier molecular flexibility index (Phi) is 1.07. The summed E-state index contributed by atoms with van der Waals surface area (Å²) in [5, 5.41) is 3.77. The molecule has 0 N–H and O–H groups in total. The molecule has 1 fully saturated rings. The average Bonchev–Trinajstić information content (AvgIpc) is 2.41. The van der Waals surface area contributed by atoms with Crippen LogP contribution in [0.2, 0.25) is 0 Å². The topological polar surface area (TPSA) is 38.7 Å². The molecule has 0 aromatic rings. The van der Waals surface area contributed by atoms with Crippen LogP contribution in [0.3, 0.4) is 0 Å². The number of nitrogens with zero attached hydrogens (tertiary/aromatic N) is 1. The summed E-state index contributed by atoms with van der Waals surface area (Å²) in [5.74, 6) is 0.512. The Morgan fingerprint density at radius 2 is 2.50 bits per heavy atom. The molecular formula is C7H9NO2. The highest BCUT2D eigenvalue weighted by atomic mass is 16.6. The van der Waals surface area contributed by atoms with Crippen LogP contribution in [0.1, 0.15) is 19.8 Å². The monoisotopic (exact) mass is 139 g/mol. The van der Waals surface area contributed by atoms with Gasteiger partial charge >= 0.3 is 0 Å². The highest BCUT2D eigenvalue weighted by molar-refractivity contribution is 5.97. The third kappa shape index (κ3) is 0.602. The maximum atomic E-state index is 11.0. The Labute approximate surface area is 59.0 Å². The first-order valence-electron chi connectivity index (χ1n) is 3.52. The molecule has 0 saturated heterocycles. The molecule has 1 aliphatic heterocycles. The van der Waals surface area contributed by atoms with Gasteiger partial charge in [0, 0.05) is 12.3 Å². The van der Waals surface area contributed by atoms with Crippen LogP contribution in [0.4, 0.5) is 0 Å². The zero-order valence-electron chi connectivity index (χ0n) is 5.83. The summed E-state index contributed by atoms with van der Waals surface area (Å²) in [5.41, 5.74) is 0.982. The van der Waals surface area contributed by atoms with Gasteiger partial charge in [-0.2, -0.15) is 0 Å². The van der Waals surface area contributed by atoms with Gasteiger partial charge in [0.1, 0.15) is 0 Å². The van der Waals surface area contributed by atoms with E-state index >= 15 is 0 Å². The van der Waals surface area contributed by atoms with Gasteiger partial charge in [-0.05, 0) is 13.3 Å². The van der Waals surface area contributed by atoms with Crippen LogP contribution in [-0.2, 0) is 9.63 Å². The lowest BCUT2D eigenvalue weighted by molar-refractivity contribution is -0.126. The standard InChI is InChI=1S/C7H9NO2/c1-4-5-2-3-6(9)7(5)10-8-4/h5,7H,2-3H2,1H3/t5-,7+/m1/s1. The second-order valence-electron chi connectivity index (χ2n) is 2.87. The molecule has 2 rings (SSSR count). The molecule has 3 nitrogen and oxygen atoms in total. The predicted molar refractivity (Wildman–Crippen MR) is 35.7 cm³/mol. The van der Waals surface area contributed by atoms with Gasteiger partial charge < -0.3 is 4.84 Å². The third-order valence-electron chi connectivity index (χ3n) is 2.23. The van der Waals surface area contributed by atoms with Gasteiger partial charge in [-0.25, -0.2) is 0 Å². The Hall–Kier alpha value is -0.860. The minimum Gasteiger partial charge on any atom is -0.384 e. The van der Waals surface area contributed by atoms with Crippen LogP contribution in [0, 0.1) is 5.92 Å². The number of rotatable bonds is 0. The summed E-state index contributed by atoms with van der Waals surface area (Å²) in [6.07, 6.45) is 1.38. The molecule has 0 aromatic carbocycles. The van der Waals surface area contributed by atoms with Gasteiger partial charge in [0.2, 0.25) is 0 Å². The van der Waals surface area contributed by atoms with Gasteiger partial charge in [-0.15, -0.1) is 0 Å². The van der Waals surface area contributed by atoms with E-state index in [9.17, 15) is 4.79 Å². The van der Waals surface area contributed by atoms with Crippen molar-refractivity contribution in [2.75, 3.05) is 0 Å². The number of carbonyl (C=O) groups is 1. The number of Topliss-reactive ketones (excluding diaryl/α,β-unsaturated/α-hetero) is 1. The normalized spacial score (nSPS) is 37.3. The zero-order chi connectivity index (χ0) is 7.14. The number of hydrogen-bond donors (Lipinski definition) is 0. The van der Waals surface area contributed by atoms with Gasteiger partial charge in [0.05, 0.1) is 5.71 Å². The quantitative estimate of drug-likeness (QED) is 0.496. The number of fused-ring (bicyclic) bond motifs is 1. The summed E-state index contributed by atoms with van der Waals surface area (Å²) in [4.78, 5) is 15.9. The molecule has 1 saturated carbocycles. The maximum Gasteiger partial charge on any atom is 0.193 e. The summed E-state index contributed by atoms with van der Waals surface area (Å²) >= 11 is 0. The summed E-state index contributed by atoms with van der Waals surface area (Å²) in [7, 11) is 0. The maximum absolute atomic E-state index is 11.0. The molecule has 1 heterocycles. The van der Waals surface area contributed by atoms with Crippen LogP contribution >= 0.6 is 0 Å². The SMILES string of the molecule is CC1=NO[C@@H]2C(=O)CC[C@H]12. The lowest BCUT2D eigenvalue weighted by atomic mass is 10.0. The van der Waals surface area contributed by atoms with Crippen molar-refractivity contribution < 1.29 is 9.63 Å². The van der Waals surface area contributed by atoms with Crippen molar-refractivity contribution in [2.45, 2.75) is 25.9 Å². The van der Waals surface area contributed by atoms with Crippen LogP contribution in [-0.4, -0.2) is 17.6 Å². The van der Waals surface area contributed by atoms with Crippen LogP contribution in [0.25, 0.3) is 0 Å². The fraction of sp³-hybridized carbons (Fsp3) is 0.714. The predicted octanol–water partition coefficient (Wildman–Crippen LogP) is 0.740. The van der Waals surface area contributed by atoms with E-state index in [0.717, 1.165) is 12.1 Å². The molecule has 0 spiro atoms. The van der Waals surface area contributed by atoms with Gasteiger partial charge in [-0.1, -0.05) is 5.16 Å². The lowest BCUT2D eigenvalue weighted by Gasteiger charge is -2.02. The van der Waals surface area contributed by atoms with Crippen molar-refractivity contribution in [3.63, 3.8) is 0 Å². The molecular weight excluding hydrogens is 130 g/mol. The molecule has 0 aromatic heterocycles. The Morgan fingerprint density at radius 3 is 3.20 bits per heavy atom. The molecule has 0 radical (unpaired) electrons. The fourth-order valence-electron chi connectivity index (χ4n) is 1.58. The van der Waals surface area contributed by atoms with E-state index < -0.39 is 0 Å². The van der Waals surface area contributed by atoms with Gasteiger partial charge in [-0.3, -0.25) is 4.79 Å². The summed E-state index contributed by atoms with van der Waals surface area (Å²) in [6, 6.07) is 0. The summed E-state index contributed by atoms with van der Waals surface area (Å²) < 4.78 is 0. The van der Waals surface area contributed by atoms with Crippen LogP contribution in [0.5, 0.6) is 0 Å². The highest BCUT2D eigenvalue weighted by Crippen LogP contribution is 2.31. The minimum atomic E-state index is -0.222. The largest absolute Gasteiger partial charge is 0.384 e. The van der Waals surface area contributed by atoms with Crippen molar-refractivity contribution in [1.29, 1.82) is 0 Å². The molecule has 0 amide bonds. The molecule has 54 valence electrons. The smallest absolute Gasteiger partial charge is 0.193 e. The van der Waals surface area contributed by atoms with Gasteiger partial charge in [0.25, 0.3) is 0 Å². The van der Waals surface area contributed by atoms with Crippen molar-refractivity contribution in [3.8, 4) is 0 Å². The Balaban J connectivity index is 2.24. The average molecular weight is 139 g/mol. The molecule has 0 unspecified atom stereocenters. The Bertz CT molecular complexity index is 210. The zero-order valence-corrected chi connectivity index (χ0v) is 5.83. The minimum absolute atomic E-state index is 0.214. The van der Waals surface area contributed by atoms with E-state index in [2.05, 4.69) is 5.16 Å². The molecule has 3 heteroatoms. The second-order valence-corrected chi connectivity index (χ2v) is 2.87. The second kappa shape index (κ2) is 1.81. The number of oxime groups is 1. The van der Waals surface area contributed by atoms with Crippen molar-refractivity contribution in [2.24, 2.45) is 11.1 Å². The third-order valence-corrected chi connectivity index (χ3v) is 2.23. The molecule has 10 heavy (non-hydrogen) atoms. The van der Waals surface area contributed by atoms with E-state index in [4.69, 9.17) is 4.84 Å². The molecule has 1 aliphatic carbocycles. The number of ketones is 1. The van der Waals surface area contributed by atoms with Crippen LogP contribution in [0.15, 0.2) is 5.16 Å². The highest BCUT2D eigenvalue weighted by Gasteiger charge is 2.42. The molecule has 2 aliphatic rings. The molecule has 0 bridgehead atoms. The first-order valence-corrected chi connectivity index (χ1v) is 3.52. The van der Waals surface area contributed by atoms with Crippen molar-refractivity contribution in [3.05, 3.63) is 0 Å². The lowest BCUT2D eigenvalue weighted by Crippen LogP contribution is -2.21. The number of carbonyl (C=O) groups excluding carboxylic acids is 1. The first-order chi connectivity index (χ1) is 4.79. The fourth-order valence-corrected chi connectivity index (χ4v) is 1.58. The Morgan fingerprint density at radius 1 is 1.70 bits per heavy atom. The number of hydrogen-bond acceptors (Lipinski definition) is 3. The van der Waals surface area contributed by atoms with E-state index in [0.29, 0.717) is 12.3 Å². The van der Waals surface area contributed by atoms with E-state index in [1.807, 2.05) is 6.92 Å². The van der Waals surface area contributed by atoms with E-state index in [-0.39, 0.29) is 11.9 Å². The van der Waals surface area contributed by atoms with Crippen molar-refractivity contribution >= 4 is 11.5 Å². The first kappa shape index (κ1) is 5.89. The van der Waals surface area contributed by atoms with E-state index in [1.165, 1.54) is 0 Å².